The van der Waals surface area contributed by atoms with Gasteiger partial charge >= 0.3 is 0 Å². The van der Waals surface area contributed by atoms with Crippen LogP contribution < -0.4 is 10.2 Å². The molecule has 2 fully saturated rings. The van der Waals surface area contributed by atoms with Crippen LogP contribution in [-0.2, 0) is 9.59 Å². The van der Waals surface area contributed by atoms with Gasteiger partial charge in [0, 0.05) is 48.2 Å². The van der Waals surface area contributed by atoms with Crippen LogP contribution in [0.25, 0.3) is 10.4 Å². The van der Waals surface area contributed by atoms with E-state index in [2.05, 4.69) is 20.3 Å². The zero-order chi connectivity index (χ0) is 25.4. The second-order valence-electron chi connectivity index (χ2n) is 9.00. The number of aromatic nitrogens is 3. The molecule has 2 aromatic heterocycles. The minimum absolute atomic E-state index is 0.139. The number of carbonyl (C=O) groups is 2. The van der Waals surface area contributed by atoms with E-state index in [1.165, 1.54) is 30.1 Å². The Bertz CT molecular complexity index is 1230. The zero-order valence-electron chi connectivity index (χ0n) is 18.7. The highest BCUT2D eigenvalue weighted by molar-refractivity contribution is 7.13. The molecule has 2 heterocycles. The monoisotopic (exact) mass is 535 g/mol. The van der Waals surface area contributed by atoms with Crippen LogP contribution in [-0.4, -0.2) is 44.4 Å². The molecule has 1 N–H and O–H groups in total. The number of alkyl halides is 4. The summed E-state index contributed by atoms with van der Waals surface area (Å²) in [6.45, 7) is 0. The Morgan fingerprint density at radius 2 is 1.83 bits per heavy atom. The summed E-state index contributed by atoms with van der Waals surface area (Å²) >= 11 is 6.99. The fourth-order valence-corrected chi connectivity index (χ4v) is 5.91. The van der Waals surface area contributed by atoms with Gasteiger partial charge in [0.05, 0.1) is 10.4 Å². The number of nitrogens with one attached hydrogen (secondary N) is 1. The van der Waals surface area contributed by atoms with Gasteiger partial charge in [-0.2, -0.15) is 0 Å². The van der Waals surface area contributed by atoms with Crippen molar-refractivity contribution in [2.24, 2.45) is 11.8 Å². The largest absolute Gasteiger partial charge is 0.351 e. The molecule has 0 saturated heterocycles. The number of benzene rings is 1. The average molecular weight is 536 g/mol. The third-order valence-electron chi connectivity index (χ3n) is 6.84. The number of anilines is 1. The van der Waals surface area contributed by atoms with Gasteiger partial charge in [-0.25, -0.2) is 23.1 Å². The fourth-order valence-electron chi connectivity index (χ4n) is 5.17. The summed E-state index contributed by atoms with van der Waals surface area (Å²) in [4.78, 5) is 40.4. The van der Waals surface area contributed by atoms with Crippen molar-refractivity contribution in [1.29, 1.82) is 0 Å². The Morgan fingerprint density at radius 3 is 2.39 bits per heavy atom. The quantitative estimate of drug-likeness (QED) is 0.441. The van der Waals surface area contributed by atoms with Gasteiger partial charge in [-0.05, 0) is 36.5 Å². The van der Waals surface area contributed by atoms with Gasteiger partial charge in [0.2, 0.25) is 5.91 Å². The van der Waals surface area contributed by atoms with E-state index in [0.717, 1.165) is 15.3 Å². The molecule has 2 aliphatic rings. The number of fused-ring (bicyclic) bond motifs is 2. The molecule has 5 rings (SSSR count). The van der Waals surface area contributed by atoms with Crippen LogP contribution in [0.3, 0.4) is 0 Å². The zero-order valence-corrected chi connectivity index (χ0v) is 20.3. The number of nitrogens with zero attached hydrogens (tertiary/aromatic N) is 4. The predicted octanol–water partition coefficient (Wildman–Crippen LogP) is 4.76. The third kappa shape index (κ3) is 4.69. The first kappa shape index (κ1) is 24.6. The molecule has 2 saturated carbocycles. The molecule has 0 radical (unpaired) electrons. The molecular weight excluding hydrogens is 515 g/mol. The van der Waals surface area contributed by atoms with Crippen LogP contribution in [0.1, 0.15) is 30.9 Å². The van der Waals surface area contributed by atoms with Crippen molar-refractivity contribution in [3.63, 3.8) is 0 Å². The Hall–Kier alpha value is -3.05. The smallest absolute Gasteiger partial charge is 0.278 e. The lowest BCUT2D eigenvalue weighted by Crippen LogP contribution is -2.50. The molecule has 1 aromatic carbocycles. The van der Waals surface area contributed by atoms with Gasteiger partial charge in [-0.3, -0.25) is 19.5 Å². The van der Waals surface area contributed by atoms with E-state index in [-0.39, 0.29) is 30.0 Å². The highest BCUT2D eigenvalue weighted by atomic mass is 35.5. The molecule has 3 aromatic rings. The van der Waals surface area contributed by atoms with Gasteiger partial charge in [0.1, 0.15) is 12.4 Å². The number of rotatable bonds is 7. The van der Waals surface area contributed by atoms with Crippen LogP contribution >= 0.6 is 22.9 Å². The van der Waals surface area contributed by atoms with Crippen LogP contribution in [0, 0.1) is 11.8 Å². The van der Waals surface area contributed by atoms with Crippen LogP contribution in [0.15, 0.2) is 54.7 Å². The molecule has 0 spiro atoms. The fraction of sp³-hybridized carbons (Fsp3) is 0.375. The topological polar surface area (TPSA) is 88.1 Å². The highest BCUT2D eigenvalue weighted by Crippen LogP contribution is 2.53. The summed E-state index contributed by atoms with van der Waals surface area (Å²) < 4.78 is 42.2. The van der Waals surface area contributed by atoms with Crippen molar-refractivity contribution in [3.8, 4) is 10.4 Å². The van der Waals surface area contributed by atoms with Crippen molar-refractivity contribution in [2.75, 3.05) is 4.90 Å². The summed E-state index contributed by atoms with van der Waals surface area (Å²) in [6.07, 6.45) is 5.81. The summed E-state index contributed by atoms with van der Waals surface area (Å²) in [5.41, 5.74) is 0.526. The first-order valence-corrected chi connectivity index (χ1v) is 12.6. The summed E-state index contributed by atoms with van der Waals surface area (Å²) in [7, 11) is 0. The lowest BCUT2D eigenvalue weighted by atomic mass is 9.92. The van der Waals surface area contributed by atoms with Gasteiger partial charge in [-0.15, -0.1) is 11.3 Å². The van der Waals surface area contributed by atoms with E-state index in [1.54, 1.807) is 36.0 Å². The molecule has 36 heavy (non-hydrogen) atoms. The molecule has 2 bridgehead atoms. The average Bonchev–Trinajstić information content (AvgIpc) is 3.59. The summed E-state index contributed by atoms with van der Waals surface area (Å²) in [5, 5.41) is 2.83. The summed E-state index contributed by atoms with van der Waals surface area (Å²) in [6, 6.07) is 4.75. The van der Waals surface area contributed by atoms with E-state index >= 15 is 0 Å². The number of halogens is 4. The second kappa shape index (κ2) is 9.78. The summed E-state index contributed by atoms with van der Waals surface area (Å²) in [5.74, 6) is -5.69. The molecule has 2 amide bonds. The normalized spacial score (nSPS) is 23.7. The molecule has 7 nitrogen and oxygen atoms in total. The SMILES string of the molecule is O=C(N[C@@H]1C[C@@H]2C[C@H]1CC2(F)F)C(c1cncnc1)N(C(=O)[C@H](F)Cl)c1ccc(-c2cncs2)cc1. The molecular formula is C24H21ClF3N5O2S. The number of thiazole rings is 1. The molecule has 5 atom stereocenters. The van der Waals surface area contributed by atoms with Gasteiger partial charge in [0.25, 0.3) is 17.5 Å². The van der Waals surface area contributed by atoms with Crippen molar-refractivity contribution in [2.45, 2.75) is 42.9 Å². The Morgan fingerprint density at radius 1 is 1.11 bits per heavy atom. The Balaban J connectivity index is 1.49. The maximum Gasteiger partial charge on any atom is 0.278 e. The van der Waals surface area contributed by atoms with Crippen molar-refractivity contribution >= 4 is 40.4 Å². The van der Waals surface area contributed by atoms with E-state index in [4.69, 9.17) is 11.6 Å². The number of amides is 2. The van der Waals surface area contributed by atoms with E-state index < -0.39 is 41.4 Å². The van der Waals surface area contributed by atoms with Crippen molar-refractivity contribution in [3.05, 3.63) is 60.3 Å². The molecule has 1 unspecified atom stereocenters. The minimum atomic E-state index is -2.74. The van der Waals surface area contributed by atoms with Gasteiger partial charge < -0.3 is 5.32 Å². The number of carbonyl (C=O) groups excluding carboxylic acids is 2. The van der Waals surface area contributed by atoms with Crippen LogP contribution in [0.2, 0.25) is 0 Å². The Kier molecular flexibility index (Phi) is 6.69. The molecule has 0 aliphatic heterocycles. The van der Waals surface area contributed by atoms with E-state index in [0.29, 0.717) is 6.42 Å². The van der Waals surface area contributed by atoms with Crippen molar-refractivity contribution in [1.82, 2.24) is 20.3 Å². The Labute approximate surface area is 213 Å². The van der Waals surface area contributed by atoms with Crippen molar-refractivity contribution < 1.29 is 22.8 Å². The molecule has 2 aliphatic carbocycles. The molecule has 12 heteroatoms. The van der Waals surface area contributed by atoms with Crippen LogP contribution in [0.5, 0.6) is 0 Å². The van der Waals surface area contributed by atoms with E-state index in [1.807, 2.05) is 0 Å². The lowest BCUT2D eigenvalue weighted by Gasteiger charge is -2.34. The lowest BCUT2D eigenvalue weighted by molar-refractivity contribution is -0.128. The maximum absolute atomic E-state index is 14.2. The number of hydrogen-bond acceptors (Lipinski definition) is 6. The standard InChI is InChI=1S/C24H21ClF3N5O2S/c25-21(26)23(35)33(17-3-1-13(2-4-17)19-10-31-12-36-19)20(15-8-29-11-30-9-15)22(34)32-18-6-16-5-14(18)7-24(16,27)28/h1-4,8-12,14,16,18,20-21H,5-7H2,(H,32,34)/t14-,16-,18+,20?,21-/m0/s1. The second-order valence-corrected chi connectivity index (χ2v) is 10.3. The highest BCUT2D eigenvalue weighted by Gasteiger charge is 2.57. The molecule has 188 valence electrons. The first-order valence-electron chi connectivity index (χ1n) is 11.3. The first-order chi connectivity index (χ1) is 17.2. The minimum Gasteiger partial charge on any atom is -0.351 e. The van der Waals surface area contributed by atoms with Crippen LogP contribution in [0.4, 0.5) is 18.9 Å². The van der Waals surface area contributed by atoms with E-state index in [9.17, 15) is 22.8 Å². The maximum atomic E-state index is 14.2. The predicted molar refractivity (Wildman–Crippen MR) is 128 cm³/mol. The van der Waals surface area contributed by atoms with Gasteiger partial charge in [0.15, 0.2) is 0 Å². The third-order valence-corrected chi connectivity index (χ3v) is 7.85. The number of hydrogen-bond donors (Lipinski definition) is 1. The van der Waals surface area contributed by atoms with Gasteiger partial charge in [-0.1, -0.05) is 23.7 Å².